The van der Waals surface area contributed by atoms with Crippen molar-refractivity contribution < 1.29 is 14.3 Å². The van der Waals surface area contributed by atoms with Crippen molar-refractivity contribution in [3.05, 3.63) is 23.9 Å². The highest BCUT2D eigenvalue weighted by Crippen LogP contribution is 2.37. The van der Waals surface area contributed by atoms with E-state index in [1.54, 1.807) is 0 Å². The van der Waals surface area contributed by atoms with Crippen LogP contribution in [0.4, 0.5) is 5.82 Å². The lowest BCUT2D eigenvalue weighted by atomic mass is 10.0. The molecule has 1 amide bonds. The topological polar surface area (TPSA) is 76.2 Å². The van der Waals surface area contributed by atoms with Crippen LogP contribution in [0.5, 0.6) is 11.5 Å². The number of benzene rings is 1. The first-order valence-electron chi connectivity index (χ1n) is 9.87. The third kappa shape index (κ3) is 4.62. The summed E-state index contributed by atoms with van der Waals surface area (Å²) in [6.45, 7) is 6.97. The number of aromatic nitrogens is 2. The summed E-state index contributed by atoms with van der Waals surface area (Å²) in [4.78, 5) is 12.5. The minimum Gasteiger partial charge on any atom is -0.490 e. The predicted molar refractivity (Wildman–Crippen MR) is 106 cm³/mol. The van der Waals surface area contributed by atoms with Gasteiger partial charge in [0.1, 0.15) is 0 Å². The van der Waals surface area contributed by atoms with Gasteiger partial charge in [0.15, 0.2) is 17.3 Å². The molecule has 0 saturated heterocycles. The van der Waals surface area contributed by atoms with E-state index in [1.165, 1.54) is 12.8 Å². The van der Waals surface area contributed by atoms with Gasteiger partial charge in [0.2, 0.25) is 5.91 Å². The zero-order valence-electron chi connectivity index (χ0n) is 16.4. The lowest BCUT2D eigenvalue weighted by Gasteiger charge is -2.13. The number of carbonyl (C=O) groups is 1. The molecule has 146 valence electrons. The lowest BCUT2D eigenvalue weighted by Crippen LogP contribution is -2.15. The average molecular weight is 371 g/mol. The van der Waals surface area contributed by atoms with Crippen molar-refractivity contribution in [3.63, 3.8) is 0 Å². The fourth-order valence-corrected chi connectivity index (χ4v) is 3.74. The maximum atomic E-state index is 12.5. The molecule has 0 atom stereocenters. The molecular formula is C21H29N3O3. The number of rotatable bonds is 8. The molecule has 6 nitrogen and oxygen atoms in total. The van der Waals surface area contributed by atoms with Gasteiger partial charge in [-0.2, -0.15) is 5.10 Å². The van der Waals surface area contributed by atoms with Gasteiger partial charge < -0.3 is 14.8 Å². The van der Waals surface area contributed by atoms with E-state index >= 15 is 0 Å². The van der Waals surface area contributed by atoms with Gasteiger partial charge in [0, 0.05) is 17.7 Å². The lowest BCUT2D eigenvalue weighted by molar-refractivity contribution is -0.117. The van der Waals surface area contributed by atoms with Crippen LogP contribution in [0.2, 0.25) is 0 Å². The molecule has 0 radical (unpaired) electrons. The van der Waals surface area contributed by atoms with Gasteiger partial charge >= 0.3 is 0 Å². The third-order valence-electron chi connectivity index (χ3n) is 4.99. The molecule has 0 unspecified atom stereocenters. The fourth-order valence-electron chi connectivity index (χ4n) is 3.74. The standard InChI is InChI=1S/C21H29N3O3/c1-4-26-17-11-10-16(13-18(17)27-5-2)20-14(3)23-24-21(20)22-19(25)12-15-8-6-7-9-15/h10-11,13,15H,4-9,12H2,1-3H3,(H2,22,23,24,25). The van der Waals surface area contributed by atoms with E-state index < -0.39 is 0 Å². The fraction of sp³-hybridized carbons (Fsp3) is 0.524. The zero-order valence-corrected chi connectivity index (χ0v) is 16.4. The number of carbonyl (C=O) groups excluding carboxylic acids is 1. The Morgan fingerprint density at radius 2 is 1.89 bits per heavy atom. The van der Waals surface area contributed by atoms with E-state index in [4.69, 9.17) is 9.47 Å². The molecule has 0 bridgehead atoms. The largest absolute Gasteiger partial charge is 0.490 e. The molecule has 2 N–H and O–H groups in total. The molecule has 1 heterocycles. The molecule has 1 fully saturated rings. The molecule has 1 aliphatic rings. The van der Waals surface area contributed by atoms with Crippen molar-refractivity contribution in [3.8, 4) is 22.6 Å². The second kappa shape index (κ2) is 8.93. The van der Waals surface area contributed by atoms with Gasteiger partial charge in [-0.15, -0.1) is 0 Å². The van der Waals surface area contributed by atoms with Crippen LogP contribution >= 0.6 is 0 Å². The summed E-state index contributed by atoms with van der Waals surface area (Å²) in [5.41, 5.74) is 2.72. The summed E-state index contributed by atoms with van der Waals surface area (Å²) < 4.78 is 11.4. The second-order valence-corrected chi connectivity index (χ2v) is 7.00. The Hall–Kier alpha value is -2.50. The zero-order chi connectivity index (χ0) is 19.2. The van der Waals surface area contributed by atoms with Crippen LogP contribution in [0, 0.1) is 12.8 Å². The number of amides is 1. The summed E-state index contributed by atoms with van der Waals surface area (Å²) in [5.74, 6) is 2.52. The maximum Gasteiger partial charge on any atom is 0.225 e. The Balaban J connectivity index is 1.83. The Kier molecular flexibility index (Phi) is 6.37. The molecule has 3 rings (SSSR count). The van der Waals surface area contributed by atoms with Gasteiger partial charge in [-0.3, -0.25) is 9.89 Å². The van der Waals surface area contributed by atoms with Crippen LogP contribution in [0.25, 0.3) is 11.1 Å². The molecule has 2 aromatic rings. The van der Waals surface area contributed by atoms with Crippen LogP contribution in [0.1, 0.15) is 51.6 Å². The van der Waals surface area contributed by atoms with Crippen LogP contribution in [0.3, 0.4) is 0 Å². The van der Waals surface area contributed by atoms with Gasteiger partial charge in [-0.25, -0.2) is 0 Å². The van der Waals surface area contributed by atoms with E-state index in [0.29, 0.717) is 37.1 Å². The average Bonchev–Trinajstić information content (AvgIpc) is 3.27. The number of aryl methyl sites for hydroxylation is 1. The van der Waals surface area contributed by atoms with E-state index in [1.807, 2.05) is 39.0 Å². The predicted octanol–water partition coefficient (Wildman–Crippen LogP) is 4.70. The number of nitrogens with zero attached hydrogens (tertiary/aromatic N) is 1. The van der Waals surface area contributed by atoms with Crippen LogP contribution in [-0.2, 0) is 4.79 Å². The minimum absolute atomic E-state index is 0.0330. The first-order valence-corrected chi connectivity index (χ1v) is 9.87. The summed E-state index contributed by atoms with van der Waals surface area (Å²) in [7, 11) is 0. The highest BCUT2D eigenvalue weighted by atomic mass is 16.5. The molecular weight excluding hydrogens is 342 g/mol. The van der Waals surface area contributed by atoms with Crippen LogP contribution < -0.4 is 14.8 Å². The van der Waals surface area contributed by atoms with Gasteiger partial charge in [0.25, 0.3) is 0 Å². The SMILES string of the molecule is CCOc1ccc(-c2c(NC(=O)CC3CCCC3)n[nH]c2C)cc1OCC. The molecule has 0 aliphatic heterocycles. The van der Waals surface area contributed by atoms with Crippen molar-refractivity contribution in [2.45, 2.75) is 52.9 Å². The third-order valence-corrected chi connectivity index (χ3v) is 4.99. The second-order valence-electron chi connectivity index (χ2n) is 7.00. The Morgan fingerprint density at radius 1 is 1.19 bits per heavy atom. The number of anilines is 1. The maximum absolute atomic E-state index is 12.5. The molecule has 1 saturated carbocycles. The van der Waals surface area contributed by atoms with Gasteiger partial charge in [-0.1, -0.05) is 18.9 Å². The number of hydrogen-bond acceptors (Lipinski definition) is 4. The minimum atomic E-state index is 0.0330. The van der Waals surface area contributed by atoms with Gasteiger partial charge in [0.05, 0.1) is 13.2 Å². The number of ether oxygens (including phenoxy) is 2. The smallest absolute Gasteiger partial charge is 0.225 e. The van der Waals surface area contributed by atoms with Crippen molar-refractivity contribution in [1.29, 1.82) is 0 Å². The Labute approximate surface area is 160 Å². The van der Waals surface area contributed by atoms with Crippen LogP contribution in [0.15, 0.2) is 18.2 Å². The van der Waals surface area contributed by atoms with E-state index in [9.17, 15) is 4.79 Å². The van der Waals surface area contributed by atoms with Gasteiger partial charge in [-0.05, 0) is 57.2 Å². The quantitative estimate of drug-likeness (QED) is 0.705. The van der Waals surface area contributed by atoms with Crippen LogP contribution in [-0.4, -0.2) is 29.3 Å². The number of nitrogens with one attached hydrogen (secondary N) is 2. The summed E-state index contributed by atoms with van der Waals surface area (Å²) >= 11 is 0. The summed E-state index contributed by atoms with van der Waals surface area (Å²) in [5, 5.41) is 10.3. The molecule has 6 heteroatoms. The van der Waals surface area contributed by atoms with Crippen molar-refractivity contribution in [2.75, 3.05) is 18.5 Å². The van der Waals surface area contributed by atoms with E-state index in [2.05, 4.69) is 15.5 Å². The summed E-state index contributed by atoms with van der Waals surface area (Å²) in [6, 6.07) is 5.82. The van der Waals surface area contributed by atoms with E-state index in [-0.39, 0.29) is 5.91 Å². The van der Waals surface area contributed by atoms with Crippen molar-refractivity contribution in [2.24, 2.45) is 5.92 Å². The molecule has 1 aromatic carbocycles. The molecule has 1 aromatic heterocycles. The molecule has 0 spiro atoms. The molecule has 1 aliphatic carbocycles. The summed E-state index contributed by atoms with van der Waals surface area (Å²) in [6.07, 6.45) is 5.33. The first-order chi connectivity index (χ1) is 13.1. The highest BCUT2D eigenvalue weighted by molar-refractivity contribution is 5.94. The number of hydrogen-bond donors (Lipinski definition) is 2. The first kappa shape index (κ1) is 19.3. The van der Waals surface area contributed by atoms with Crippen molar-refractivity contribution >= 4 is 11.7 Å². The number of H-pyrrole nitrogens is 1. The highest BCUT2D eigenvalue weighted by Gasteiger charge is 2.21. The monoisotopic (exact) mass is 371 g/mol. The Morgan fingerprint density at radius 3 is 2.59 bits per heavy atom. The number of aromatic amines is 1. The Bertz CT molecular complexity index is 779. The normalized spacial score (nSPS) is 14.3. The molecule has 27 heavy (non-hydrogen) atoms. The van der Waals surface area contributed by atoms with Crippen molar-refractivity contribution in [1.82, 2.24) is 10.2 Å². The van der Waals surface area contributed by atoms with E-state index in [0.717, 1.165) is 35.4 Å².